The highest BCUT2D eigenvalue weighted by molar-refractivity contribution is 6.33. The minimum Gasteiger partial charge on any atom is -0.350 e. The Kier molecular flexibility index (Phi) is 5.55. The van der Waals surface area contributed by atoms with Gasteiger partial charge in [0, 0.05) is 12.7 Å². The van der Waals surface area contributed by atoms with Crippen molar-refractivity contribution in [3.05, 3.63) is 46.2 Å². The number of carbonyl (C=O) groups excluding carboxylic acids is 1. The largest absolute Gasteiger partial charge is 0.350 e. The molecule has 0 aliphatic heterocycles. The summed E-state index contributed by atoms with van der Waals surface area (Å²) in [6.07, 6.45) is 1.55. The molecule has 1 aromatic carbocycles. The third kappa shape index (κ3) is 4.66. The molecule has 1 amide bonds. The summed E-state index contributed by atoms with van der Waals surface area (Å²) in [6, 6.07) is 5.48. The molecule has 122 valence electrons. The van der Waals surface area contributed by atoms with Crippen LogP contribution in [0.15, 0.2) is 24.4 Å². The topological polar surface area (TPSA) is 66.9 Å². The number of aromatic nitrogens is 2. The third-order valence-electron chi connectivity index (χ3n) is 3.23. The molecule has 0 aliphatic carbocycles. The molecule has 0 atom stereocenters. The SMILES string of the molecule is Cc1cc(C)c(Nc2nccc(C(=O)NCC(C)C)n2)c(Cl)c1. The molecule has 2 aromatic rings. The van der Waals surface area contributed by atoms with Crippen LogP contribution >= 0.6 is 11.6 Å². The van der Waals surface area contributed by atoms with Crippen molar-refractivity contribution in [3.63, 3.8) is 0 Å². The summed E-state index contributed by atoms with van der Waals surface area (Å²) in [5.74, 6) is 0.513. The molecular formula is C17H21ClN4O. The van der Waals surface area contributed by atoms with Crippen LogP contribution in [0.3, 0.4) is 0 Å². The van der Waals surface area contributed by atoms with E-state index in [1.165, 1.54) is 0 Å². The van der Waals surface area contributed by atoms with E-state index in [9.17, 15) is 4.79 Å². The smallest absolute Gasteiger partial charge is 0.270 e. The first-order chi connectivity index (χ1) is 10.9. The second-order valence-electron chi connectivity index (χ2n) is 5.93. The van der Waals surface area contributed by atoms with Crippen LogP contribution in [0.5, 0.6) is 0 Å². The van der Waals surface area contributed by atoms with Crippen molar-refractivity contribution in [2.75, 3.05) is 11.9 Å². The maximum Gasteiger partial charge on any atom is 0.270 e. The van der Waals surface area contributed by atoms with Crippen LogP contribution in [-0.4, -0.2) is 22.4 Å². The van der Waals surface area contributed by atoms with Crippen LogP contribution in [0.4, 0.5) is 11.6 Å². The number of nitrogens with zero attached hydrogens (tertiary/aromatic N) is 2. The fourth-order valence-electron chi connectivity index (χ4n) is 2.12. The van der Waals surface area contributed by atoms with Gasteiger partial charge < -0.3 is 10.6 Å². The van der Waals surface area contributed by atoms with E-state index in [2.05, 4.69) is 20.6 Å². The zero-order valence-electron chi connectivity index (χ0n) is 13.8. The molecule has 23 heavy (non-hydrogen) atoms. The number of halogens is 1. The first kappa shape index (κ1) is 17.2. The van der Waals surface area contributed by atoms with Crippen molar-refractivity contribution in [2.45, 2.75) is 27.7 Å². The zero-order valence-corrected chi connectivity index (χ0v) is 14.5. The van der Waals surface area contributed by atoms with Crippen LogP contribution < -0.4 is 10.6 Å². The number of benzene rings is 1. The molecule has 0 spiro atoms. The van der Waals surface area contributed by atoms with E-state index < -0.39 is 0 Å². The molecule has 2 rings (SSSR count). The van der Waals surface area contributed by atoms with E-state index in [0.29, 0.717) is 29.1 Å². The summed E-state index contributed by atoms with van der Waals surface area (Å²) in [4.78, 5) is 20.5. The standard InChI is InChI=1S/C17H21ClN4O/c1-10(2)9-20-16(23)14-5-6-19-17(21-14)22-15-12(4)7-11(3)8-13(15)18/h5-8,10H,9H2,1-4H3,(H,20,23)(H,19,21,22). The first-order valence-corrected chi connectivity index (χ1v) is 7.89. The van der Waals surface area contributed by atoms with Crippen molar-refractivity contribution in [2.24, 2.45) is 5.92 Å². The Balaban J connectivity index is 2.19. The molecule has 0 bridgehead atoms. The molecular weight excluding hydrogens is 312 g/mol. The van der Waals surface area contributed by atoms with Gasteiger partial charge in [-0.1, -0.05) is 31.5 Å². The predicted molar refractivity (Wildman–Crippen MR) is 93.4 cm³/mol. The molecule has 0 saturated heterocycles. The molecule has 0 saturated carbocycles. The lowest BCUT2D eigenvalue weighted by Gasteiger charge is -2.12. The Hall–Kier alpha value is -2.14. The van der Waals surface area contributed by atoms with Gasteiger partial charge in [0.1, 0.15) is 5.69 Å². The third-order valence-corrected chi connectivity index (χ3v) is 3.53. The van der Waals surface area contributed by atoms with E-state index in [1.54, 1.807) is 12.3 Å². The second-order valence-corrected chi connectivity index (χ2v) is 6.34. The van der Waals surface area contributed by atoms with Crippen LogP contribution in [-0.2, 0) is 0 Å². The molecule has 5 nitrogen and oxygen atoms in total. The number of carbonyl (C=O) groups is 1. The summed E-state index contributed by atoms with van der Waals surface area (Å²) in [7, 11) is 0. The maximum absolute atomic E-state index is 12.1. The van der Waals surface area contributed by atoms with Crippen molar-refractivity contribution in [1.29, 1.82) is 0 Å². The van der Waals surface area contributed by atoms with Gasteiger partial charge in [0.15, 0.2) is 0 Å². The van der Waals surface area contributed by atoms with Gasteiger partial charge in [0.25, 0.3) is 5.91 Å². The summed E-state index contributed by atoms with van der Waals surface area (Å²) < 4.78 is 0. The molecule has 1 aromatic heterocycles. The molecule has 6 heteroatoms. The number of hydrogen-bond donors (Lipinski definition) is 2. The van der Waals surface area contributed by atoms with Gasteiger partial charge >= 0.3 is 0 Å². The summed E-state index contributed by atoms with van der Waals surface area (Å²) >= 11 is 6.27. The molecule has 0 unspecified atom stereocenters. The molecule has 1 heterocycles. The highest BCUT2D eigenvalue weighted by atomic mass is 35.5. The average molecular weight is 333 g/mol. The van der Waals surface area contributed by atoms with Crippen molar-refractivity contribution >= 4 is 29.1 Å². The molecule has 0 fully saturated rings. The molecule has 0 aliphatic rings. The van der Waals surface area contributed by atoms with E-state index in [1.807, 2.05) is 39.8 Å². The predicted octanol–water partition coefficient (Wildman–Crippen LogP) is 3.88. The Morgan fingerprint density at radius 2 is 2.04 bits per heavy atom. The van der Waals surface area contributed by atoms with Crippen molar-refractivity contribution < 1.29 is 4.79 Å². The second kappa shape index (κ2) is 7.42. The Labute approximate surface area is 141 Å². The molecule has 2 N–H and O–H groups in total. The highest BCUT2D eigenvalue weighted by Gasteiger charge is 2.11. The van der Waals surface area contributed by atoms with Gasteiger partial charge in [-0.25, -0.2) is 9.97 Å². The lowest BCUT2D eigenvalue weighted by molar-refractivity contribution is 0.0944. The van der Waals surface area contributed by atoms with E-state index >= 15 is 0 Å². The number of nitrogens with one attached hydrogen (secondary N) is 2. The van der Waals surface area contributed by atoms with Gasteiger partial charge in [-0.3, -0.25) is 4.79 Å². The number of anilines is 2. The quantitative estimate of drug-likeness (QED) is 0.872. The van der Waals surface area contributed by atoms with Crippen molar-refractivity contribution in [3.8, 4) is 0 Å². The average Bonchev–Trinajstić information content (AvgIpc) is 2.48. The van der Waals surface area contributed by atoms with Crippen molar-refractivity contribution in [1.82, 2.24) is 15.3 Å². The van der Waals surface area contributed by atoms with E-state index in [-0.39, 0.29) is 5.91 Å². The lowest BCUT2D eigenvalue weighted by atomic mass is 10.1. The van der Waals surface area contributed by atoms with Crippen LogP contribution in [0.25, 0.3) is 0 Å². The van der Waals surface area contributed by atoms with E-state index in [4.69, 9.17) is 11.6 Å². The zero-order chi connectivity index (χ0) is 17.0. The van der Waals surface area contributed by atoms with Gasteiger partial charge in [-0.2, -0.15) is 0 Å². The summed E-state index contributed by atoms with van der Waals surface area (Å²) in [5, 5.41) is 6.53. The summed E-state index contributed by atoms with van der Waals surface area (Å²) in [5.41, 5.74) is 3.15. The van der Waals surface area contributed by atoms with Crippen LogP contribution in [0.2, 0.25) is 5.02 Å². The highest BCUT2D eigenvalue weighted by Crippen LogP contribution is 2.29. The fraction of sp³-hybridized carbons (Fsp3) is 0.353. The number of amides is 1. The van der Waals surface area contributed by atoms with Gasteiger partial charge in [-0.05, 0) is 43.0 Å². The fourth-order valence-corrected chi connectivity index (χ4v) is 2.49. The number of aryl methyl sites for hydroxylation is 2. The van der Waals surface area contributed by atoms with E-state index in [0.717, 1.165) is 16.8 Å². The first-order valence-electron chi connectivity index (χ1n) is 7.52. The van der Waals surface area contributed by atoms with Crippen LogP contribution in [0.1, 0.15) is 35.5 Å². The monoisotopic (exact) mass is 332 g/mol. The lowest BCUT2D eigenvalue weighted by Crippen LogP contribution is -2.28. The van der Waals surface area contributed by atoms with Crippen LogP contribution in [0, 0.1) is 19.8 Å². The van der Waals surface area contributed by atoms with Gasteiger partial charge in [0.2, 0.25) is 5.95 Å². The summed E-state index contributed by atoms with van der Waals surface area (Å²) in [6.45, 7) is 8.62. The Morgan fingerprint density at radius 1 is 1.30 bits per heavy atom. The van der Waals surface area contributed by atoms with Gasteiger partial charge in [0.05, 0.1) is 10.7 Å². The molecule has 0 radical (unpaired) electrons. The minimum atomic E-state index is -0.212. The number of hydrogen-bond acceptors (Lipinski definition) is 4. The normalized spacial score (nSPS) is 10.7. The Morgan fingerprint density at radius 3 is 2.70 bits per heavy atom. The Bertz CT molecular complexity index is 692. The van der Waals surface area contributed by atoms with Gasteiger partial charge in [-0.15, -0.1) is 0 Å². The number of rotatable bonds is 5. The minimum absolute atomic E-state index is 0.212. The maximum atomic E-state index is 12.1.